The Bertz CT molecular complexity index is 599. The third kappa shape index (κ3) is 2.22. The van der Waals surface area contributed by atoms with Crippen molar-refractivity contribution in [1.29, 1.82) is 0 Å². The molecule has 1 unspecified atom stereocenters. The average Bonchev–Trinajstić information content (AvgIpc) is 2.56. The molecule has 2 aromatic carbocycles. The lowest BCUT2D eigenvalue weighted by molar-refractivity contribution is -0.149. The number of rotatable bonds is 3. The van der Waals surface area contributed by atoms with Crippen LogP contribution >= 0.6 is 0 Å². The summed E-state index contributed by atoms with van der Waals surface area (Å²) in [5.74, 6) is -1.17. The number of benzene rings is 2. The molecule has 1 fully saturated rings. The van der Waals surface area contributed by atoms with Gasteiger partial charge < -0.3 is 5.11 Å². The van der Waals surface area contributed by atoms with Crippen LogP contribution in [-0.2, 0) is 10.3 Å². The van der Waals surface area contributed by atoms with Crippen molar-refractivity contribution in [2.75, 3.05) is 13.6 Å². The van der Waals surface area contributed by atoms with E-state index in [4.69, 9.17) is 0 Å². The number of carbonyl (C=O) groups is 1. The predicted octanol–water partition coefficient (Wildman–Crippen LogP) is 3.36. The van der Waals surface area contributed by atoms with Gasteiger partial charge >= 0.3 is 5.97 Å². The zero-order valence-electron chi connectivity index (χ0n) is 12.8. The van der Waals surface area contributed by atoms with Crippen LogP contribution in [0.25, 0.3) is 0 Å². The Hall–Kier alpha value is -2.13. The Labute approximate surface area is 131 Å². The molecule has 0 saturated carbocycles. The number of nitrogens with zero attached hydrogens (tertiary/aromatic N) is 1. The molecule has 0 bridgehead atoms. The highest BCUT2D eigenvalue weighted by Gasteiger charge is 2.50. The molecule has 1 aliphatic heterocycles. The first-order valence-corrected chi connectivity index (χ1v) is 7.72. The van der Waals surface area contributed by atoms with Crippen LogP contribution in [0.3, 0.4) is 0 Å². The molecule has 1 aliphatic rings. The fourth-order valence-corrected chi connectivity index (χ4v) is 3.88. The van der Waals surface area contributed by atoms with Crippen LogP contribution in [0.1, 0.15) is 24.0 Å². The molecule has 3 heteroatoms. The average molecular weight is 295 g/mol. The fourth-order valence-electron chi connectivity index (χ4n) is 3.88. The fraction of sp³-hybridized carbons (Fsp3) is 0.316. The Morgan fingerprint density at radius 3 is 2.00 bits per heavy atom. The van der Waals surface area contributed by atoms with E-state index in [0.717, 1.165) is 24.1 Å². The summed E-state index contributed by atoms with van der Waals surface area (Å²) < 4.78 is 0. The van der Waals surface area contributed by atoms with Gasteiger partial charge in [0.15, 0.2) is 0 Å². The lowest BCUT2D eigenvalue weighted by Crippen LogP contribution is -2.56. The van der Waals surface area contributed by atoms with E-state index in [1.807, 2.05) is 67.7 Å². The lowest BCUT2D eigenvalue weighted by atomic mass is 9.68. The predicted molar refractivity (Wildman–Crippen MR) is 86.7 cm³/mol. The number of hydrogen-bond donors (Lipinski definition) is 1. The van der Waals surface area contributed by atoms with Gasteiger partial charge in [-0.25, -0.2) is 0 Å². The first-order chi connectivity index (χ1) is 10.7. The van der Waals surface area contributed by atoms with Crippen LogP contribution in [0.15, 0.2) is 60.7 Å². The largest absolute Gasteiger partial charge is 0.481 e. The van der Waals surface area contributed by atoms with E-state index >= 15 is 0 Å². The maximum Gasteiger partial charge on any atom is 0.309 e. The van der Waals surface area contributed by atoms with Gasteiger partial charge in [-0.1, -0.05) is 60.7 Å². The number of aliphatic carboxylic acids is 1. The van der Waals surface area contributed by atoms with Crippen molar-refractivity contribution in [3.05, 3.63) is 71.8 Å². The van der Waals surface area contributed by atoms with Gasteiger partial charge in [-0.3, -0.25) is 9.69 Å². The van der Waals surface area contributed by atoms with E-state index in [2.05, 4.69) is 4.90 Å². The maximum atomic E-state index is 12.0. The molecule has 1 saturated heterocycles. The van der Waals surface area contributed by atoms with E-state index in [1.54, 1.807) is 0 Å². The summed E-state index contributed by atoms with van der Waals surface area (Å²) >= 11 is 0. The molecule has 1 heterocycles. The molecule has 0 radical (unpaired) electrons. The summed E-state index contributed by atoms with van der Waals surface area (Å²) in [7, 11) is 2.04. The minimum atomic E-state index is -0.723. The van der Waals surface area contributed by atoms with E-state index < -0.39 is 17.4 Å². The Morgan fingerprint density at radius 2 is 1.55 bits per heavy atom. The van der Waals surface area contributed by atoms with Crippen LogP contribution in [0.2, 0.25) is 0 Å². The molecular formula is C19H21NO2. The second-order valence-electron chi connectivity index (χ2n) is 5.95. The van der Waals surface area contributed by atoms with Crippen LogP contribution in [0.5, 0.6) is 0 Å². The van der Waals surface area contributed by atoms with Gasteiger partial charge in [-0.2, -0.15) is 0 Å². The molecule has 0 amide bonds. The summed E-state index contributed by atoms with van der Waals surface area (Å²) in [5.41, 5.74) is 1.50. The molecule has 0 spiro atoms. The smallest absolute Gasteiger partial charge is 0.309 e. The summed E-state index contributed by atoms with van der Waals surface area (Å²) in [6.45, 7) is 0.896. The summed E-state index contributed by atoms with van der Waals surface area (Å²) in [5, 5.41) is 9.89. The molecular weight excluding hydrogens is 274 g/mol. The number of hydrogen-bond acceptors (Lipinski definition) is 2. The van der Waals surface area contributed by atoms with E-state index in [1.165, 1.54) is 0 Å². The molecule has 0 aliphatic carbocycles. The van der Waals surface area contributed by atoms with Gasteiger partial charge in [0.05, 0.1) is 11.5 Å². The first kappa shape index (κ1) is 14.8. The zero-order valence-corrected chi connectivity index (χ0v) is 12.8. The Morgan fingerprint density at radius 1 is 1.05 bits per heavy atom. The van der Waals surface area contributed by atoms with E-state index in [-0.39, 0.29) is 0 Å². The van der Waals surface area contributed by atoms with Gasteiger partial charge in [0.25, 0.3) is 0 Å². The van der Waals surface area contributed by atoms with E-state index in [9.17, 15) is 9.90 Å². The molecule has 2 aromatic rings. The SMILES string of the molecule is CN1CCCC(C(=O)O)C1(c1ccccc1)c1ccccc1. The molecule has 1 N–H and O–H groups in total. The van der Waals surface area contributed by atoms with Crippen molar-refractivity contribution in [2.24, 2.45) is 5.92 Å². The van der Waals surface area contributed by atoms with Crippen molar-refractivity contribution in [3.8, 4) is 0 Å². The third-order valence-corrected chi connectivity index (χ3v) is 4.82. The summed E-state index contributed by atoms with van der Waals surface area (Å²) in [6, 6.07) is 20.1. The van der Waals surface area contributed by atoms with Crippen LogP contribution in [0, 0.1) is 5.92 Å². The quantitative estimate of drug-likeness (QED) is 0.944. The molecule has 114 valence electrons. The monoisotopic (exact) mass is 295 g/mol. The van der Waals surface area contributed by atoms with E-state index in [0.29, 0.717) is 6.42 Å². The highest BCUT2D eigenvalue weighted by molar-refractivity contribution is 5.74. The van der Waals surface area contributed by atoms with Crippen molar-refractivity contribution in [2.45, 2.75) is 18.4 Å². The molecule has 0 aromatic heterocycles. The first-order valence-electron chi connectivity index (χ1n) is 7.72. The highest BCUT2D eigenvalue weighted by Crippen LogP contribution is 2.46. The van der Waals surface area contributed by atoms with Gasteiger partial charge in [0.2, 0.25) is 0 Å². The normalized spacial score (nSPS) is 21.4. The Kier molecular flexibility index (Phi) is 3.99. The third-order valence-electron chi connectivity index (χ3n) is 4.82. The Balaban J connectivity index is 2.28. The minimum Gasteiger partial charge on any atom is -0.481 e. The van der Waals surface area contributed by atoms with Gasteiger partial charge in [-0.05, 0) is 37.6 Å². The number of piperidine rings is 1. The maximum absolute atomic E-state index is 12.0. The van der Waals surface area contributed by atoms with Crippen LogP contribution in [0.4, 0.5) is 0 Å². The van der Waals surface area contributed by atoms with Crippen molar-refractivity contribution < 1.29 is 9.90 Å². The van der Waals surface area contributed by atoms with Crippen LogP contribution in [-0.4, -0.2) is 29.6 Å². The lowest BCUT2D eigenvalue weighted by Gasteiger charge is -2.50. The number of carboxylic acid groups (broad SMARTS) is 1. The number of carboxylic acids is 1. The van der Waals surface area contributed by atoms with Gasteiger partial charge in [0.1, 0.15) is 0 Å². The second-order valence-corrected chi connectivity index (χ2v) is 5.95. The topological polar surface area (TPSA) is 40.5 Å². The molecule has 3 rings (SSSR count). The van der Waals surface area contributed by atoms with Crippen molar-refractivity contribution in [1.82, 2.24) is 4.90 Å². The van der Waals surface area contributed by atoms with Crippen molar-refractivity contribution >= 4 is 5.97 Å². The highest BCUT2D eigenvalue weighted by atomic mass is 16.4. The standard InChI is InChI=1S/C19H21NO2/c1-20-14-8-13-17(18(21)22)19(20,15-9-4-2-5-10-15)16-11-6-3-7-12-16/h2-7,9-12,17H,8,13-14H2,1H3,(H,21,22). The van der Waals surface area contributed by atoms with Crippen LogP contribution < -0.4 is 0 Å². The van der Waals surface area contributed by atoms with Crippen molar-refractivity contribution in [3.63, 3.8) is 0 Å². The summed E-state index contributed by atoms with van der Waals surface area (Å²) in [6.07, 6.45) is 1.61. The molecule has 3 nitrogen and oxygen atoms in total. The second kappa shape index (κ2) is 5.93. The zero-order chi connectivity index (χ0) is 15.6. The van der Waals surface area contributed by atoms with Gasteiger partial charge in [0, 0.05) is 0 Å². The molecule has 22 heavy (non-hydrogen) atoms. The minimum absolute atomic E-state index is 0.448. The molecule has 1 atom stereocenters. The van der Waals surface area contributed by atoms with Gasteiger partial charge in [-0.15, -0.1) is 0 Å². The summed E-state index contributed by atoms with van der Waals surface area (Å²) in [4.78, 5) is 14.2. The number of likely N-dealkylation sites (tertiary alicyclic amines) is 1.